The Labute approximate surface area is 129 Å². The maximum absolute atomic E-state index is 12.3. The topological polar surface area (TPSA) is 55.1 Å². The van der Waals surface area contributed by atoms with Gasteiger partial charge in [-0.3, -0.25) is 4.79 Å². The molecule has 1 aliphatic rings. The third kappa shape index (κ3) is 3.26. The number of rotatable bonds is 2. The third-order valence-corrected chi connectivity index (χ3v) is 4.05. The van der Waals surface area contributed by atoms with Crippen molar-refractivity contribution in [3.8, 4) is 0 Å². The van der Waals surface area contributed by atoms with E-state index in [0.29, 0.717) is 16.3 Å². The molecule has 0 heterocycles. The fourth-order valence-electron chi connectivity index (χ4n) is 2.69. The van der Waals surface area contributed by atoms with Crippen LogP contribution in [-0.4, -0.2) is 11.9 Å². The smallest absolute Gasteiger partial charge is 0.255 e. The van der Waals surface area contributed by atoms with Crippen molar-refractivity contribution in [2.45, 2.75) is 25.3 Å². The van der Waals surface area contributed by atoms with Crippen LogP contribution in [0.3, 0.4) is 0 Å². The highest BCUT2D eigenvalue weighted by Gasteiger charge is 2.17. The Morgan fingerprint density at radius 1 is 1.19 bits per heavy atom. The van der Waals surface area contributed by atoms with Crippen LogP contribution in [0.4, 0.5) is 5.69 Å². The number of amides is 1. The van der Waals surface area contributed by atoms with E-state index in [1.807, 2.05) is 30.3 Å². The first-order valence-corrected chi connectivity index (χ1v) is 7.44. The largest absolute Gasteiger partial charge is 0.327 e. The maximum Gasteiger partial charge on any atom is 0.255 e. The van der Waals surface area contributed by atoms with E-state index in [1.165, 1.54) is 11.1 Å². The fourth-order valence-corrected chi connectivity index (χ4v) is 2.88. The zero-order valence-corrected chi connectivity index (χ0v) is 12.4. The summed E-state index contributed by atoms with van der Waals surface area (Å²) in [6.07, 6.45) is 2.81. The molecule has 0 radical (unpaired) electrons. The first-order valence-electron chi connectivity index (χ1n) is 7.06. The second-order valence-electron chi connectivity index (χ2n) is 5.45. The van der Waals surface area contributed by atoms with Crippen LogP contribution in [0.15, 0.2) is 42.5 Å². The first-order chi connectivity index (χ1) is 10.1. The molecule has 0 spiro atoms. The highest BCUT2D eigenvalue weighted by molar-refractivity contribution is 6.30. The van der Waals surface area contributed by atoms with E-state index in [-0.39, 0.29) is 11.9 Å². The van der Waals surface area contributed by atoms with Gasteiger partial charge in [-0.15, -0.1) is 0 Å². The molecular weight excluding hydrogens is 284 g/mol. The van der Waals surface area contributed by atoms with Gasteiger partial charge in [0.05, 0.1) is 0 Å². The van der Waals surface area contributed by atoms with Gasteiger partial charge in [-0.25, -0.2) is 0 Å². The van der Waals surface area contributed by atoms with E-state index in [2.05, 4.69) is 5.32 Å². The van der Waals surface area contributed by atoms with Crippen molar-refractivity contribution in [3.05, 3.63) is 64.2 Å². The zero-order chi connectivity index (χ0) is 14.8. The van der Waals surface area contributed by atoms with E-state index >= 15 is 0 Å². The minimum atomic E-state index is -0.116. The summed E-state index contributed by atoms with van der Waals surface area (Å²) in [5, 5.41) is 3.47. The summed E-state index contributed by atoms with van der Waals surface area (Å²) in [7, 11) is 0. The minimum absolute atomic E-state index is 0.116. The van der Waals surface area contributed by atoms with E-state index < -0.39 is 0 Å². The molecule has 0 aromatic heterocycles. The summed E-state index contributed by atoms with van der Waals surface area (Å²) < 4.78 is 0. The molecule has 0 saturated carbocycles. The normalized spacial score (nSPS) is 17.1. The monoisotopic (exact) mass is 300 g/mol. The first kappa shape index (κ1) is 14.1. The van der Waals surface area contributed by atoms with E-state index in [1.54, 1.807) is 12.1 Å². The molecule has 0 saturated heterocycles. The molecule has 4 heteroatoms. The van der Waals surface area contributed by atoms with Crippen LogP contribution in [0.1, 0.15) is 27.9 Å². The van der Waals surface area contributed by atoms with E-state index in [9.17, 15) is 4.79 Å². The molecule has 1 amide bonds. The van der Waals surface area contributed by atoms with Crippen molar-refractivity contribution < 1.29 is 4.79 Å². The van der Waals surface area contributed by atoms with Gasteiger partial charge in [0.15, 0.2) is 0 Å². The highest BCUT2D eigenvalue weighted by Crippen LogP contribution is 2.23. The van der Waals surface area contributed by atoms with Gasteiger partial charge >= 0.3 is 0 Å². The number of halogens is 1. The van der Waals surface area contributed by atoms with Crippen LogP contribution < -0.4 is 11.1 Å². The standard InChI is InChI=1S/C17H17ClN2O/c18-14-2-1-3-16(10-14)20-17(21)13-5-4-12-9-15(19)7-6-11(12)8-13/h1-5,8,10,15H,6-7,9,19H2,(H,20,21)/t15-/m0/s1. The fraction of sp³-hybridized carbons (Fsp3) is 0.235. The van der Waals surface area contributed by atoms with Crippen LogP contribution in [0.2, 0.25) is 5.02 Å². The number of carbonyl (C=O) groups excluding carboxylic acids is 1. The molecule has 3 nitrogen and oxygen atoms in total. The van der Waals surface area contributed by atoms with Crippen molar-refractivity contribution in [2.75, 3.05) is 5.32 Å². The van der Waals surface area contributed by atoms with Crippen LogP contribution in [0.5, 0.6) is 0 Å². The average Bonchev–Trinajstić information content (AvgIpc) is 2.46. The molecule has 2 aromatic carbocycles. The molecule has 1 aliphatic carbocycles. The third-order valence-electron chi connectivity index (χ3n) is 3.82. The highest BCUT2D eigenvalue weighted by atomic mass is 35.5. The molecule has 3 rings (SSSR count). The van der Waals surface area contributed by atoms with E-state index in [4.69, 9.17) is 17.3 Å². The number of benzene rings is 2. The molecule has 0 fully saturated rings. The average molecular weight is 301 g/mol. The van der Waals surface area contributed by atoms with Crippen molar-refractivity contribution in [1.82, 2.24) is 0 Å². The number of anilines is 1. The van der Waals surface area contributed by atoms with Crippen LogP contribution >= 0.6 is 11.6 Å². The number of hydrogen-bond donors (Lipinski definition) is 2. The second kappa shape index (κ2) is 5.88. The van der Waals surface area contributed by atoms with Crippen molar-refractivity contribution in [1.29, 1.82) is 0 Å². The summed E-state index contributed by atoms with van der Waals surface area (Å²) in [6.45, 7) is 0. The van der Waals surface area contributed by atoms with Gasteiger partial charge in [0.1, 0.15) is 0 Å². The second-order valence-corrected chi connectivity index (χ2v) is 5.89. The van der Waals surface area contributed by atoms with Crippen molar-refractivity contribution >= 4 is 23.2 Å². The molecule has 1 atom stereocenters. The maximum atomic E-state index is 12.3. The molecule has 0 aliphatic heterocycles. The van der Waals surface area contributed by atoms with Crippen molar-refractivity contribution in [3.63, 3.8) is 0 Å². The number of carbonyl (C=O) groups is 1. The number of nitrogens with two attached hydrogens (primary N) is 1. The Bertz CT molecular complexity index is 684. The van der Waals surface area contributed by atoms with Crippen molar-refractivity contribution in [2.24, 2.45) is 5.73 Å². The number of hydrogen-bond acceptors (Lipinski definition) is 2. The summed E-state index contributed by atoms with van der Waals surface area (Å²) in [4.78, 5) is 12.3. The lowest BCUT2D eigenvalue weighted by molar-refractivity contribution is 0.102. The predicted octanol–water partition coefficient (Wildman–Crippen LogP) is 3.41. The Hall–Kier alpha value is -1.84. The van der Waals surface area contributed by atoms with Crippen LogP contribution in [0.25, 0.3) is 0 Å². The summed E-state index contributed by atoms with van der Waals surface area (Å²) in [6, 6.07) is 13.2. The van der Waals surface area contributed by atoms with Crippen LogP contribution in [0, 0.1) is 0 Å². The van der Waals surface area contributed by atoms with Gasteiger partial charge in [0.25, 0.3) is 5.91 Å². The lowest BCUT2D eigenvalue weighted by atomic mass is 9.87. The Morgan fingerprint density at radius 3 is 2.86 bits per heavy atom. The van der Waals surface area contributed by atoms with Gasteiger partial charge < -0.3 is 11.1 Å². The van der Waals surface area contributed by atoms with Gasteiger partial charge in [-0.1, -0.05) is 23.7 Å². The van der Waals surface area contributed by atoms with Gasteiger partial charge in [-0.05, 0) is 60.7 Å². The van der Waals surface area contributed by atoms with Gasteiger partial charge in [0, 0.05) is 22.3 Å². The van der Waals surface area contributed by atoms with Gasteiger partial charge in [0.2, 0.25) is 0 Å². The molecule has 21 heavy (non-hydrogen) atoms. The summed E-state index contributed by atoms with van der Waals surface area (Å²) in [5.74, 6) is -0.116. The lowest BCUT2D eigenvalue weighted by Crippen LogP contribution is -2.28. The molecular formula is C17H17ClN2O. The Morgan fingerprint density at radius 2 is 2.05 bits per heavy atom. The zero-order valence-electron chi connectivity index (χ0n) is 11.6. The Balaban J connectivity index is 1.79. The quantitative estimate of drug-likeness (QED) is 0.893. The summed E-state index contributed by atoms with van der Waals surface area (Å²) in [5.41, 5.74) is 9.83. The minimum Gasteiger partial charge on any atom is -0.327 e. The molecule has 2 aromatic rings. The number of fused-ring (bicyclic) bond motifs is 1. The molecule has 0 bridgehead atoms. The van der Waals surface area contributed by atoms with E-state index in [0.717, 1.165) is 19.3 Å². The molecule has 0 unspecified atom stereocenters. The predicted molar refractivity (Wildman–Crippen MR) is 85.8 cm³/mol. The molecule has 3 N–H and O–H groups in total. The lowest BCUT2D eigenvalue weighted by Gasteiger charge is -2.21. The number of aryl methyl sites for hydroxylation is 1. The summed E-state index contributed by atoms with van der Waals surface area (Å²) >= 11 is 5.92. The number of nitrogens with one attached hydrogen (secondary N) is 1. The molecule has 108 valence electrons. The van der Waals surface area contributed by atoms with Gasteiger partial charge in [-0.2, -0.15) is 0 Å². The van der Waals surface area contributed by atoms with Crippen LogP contribution in [-0.2, 0) is 12.8 Å². The Kier molecular flexibility index (Phi) is 3.95. The SMILES string of the molecule is N[C@H]1CCc2cc(C(=O)Nc3cccc(Cl)c3)ccc2C1.